The molecule has 1 aromatic heterocycles. The van der Waals surface area contributed by atoms with Gasteiger partial charge in [-0.2, -0.15) is 9.78 Å². The first kappa shape index (κ1) is 26.3. The second-order valence-electron chi connectivity index (χ2n) is 8.94. The first-order chi connectivity index (χ1) is 16.5. The van der Waals surface area contributed by atoms with Crippen LogP contribution in [-0.2, 0) is 12.0 Å². The van der Waals surface area contributed by atoms with Gasteiger partial charge in [0.15, 0.2) is 0 Å². The summed E-state index contributed by atoms with van der Waals surface area (Å²) in [6, 6.07) is 17.3. The fourth-order valence-electron chi connectivity index (χ4n) is 3.39. The van der Waals surface area contributed by atoms with Crippen LogP contribution in [0.2, 0.25) is 0 Å². The lowest BCUT2D eigenvalue weighted by molar-refractivity contribution is 0.302. The van der Waals surface area contributed by atoms with E-state index in [4.69, 9.17) is 9.72 Å². The number of nitrogens with zero attached hydrogens (tertiary/aromatic N) is 3. The Bertz CT molecular complexity index is 1470. The number of aromatic nitrogens is 2. The molecule has 0 aliphatic heterocycles. The Balaban J connectivity index is 1.68. The van der Waals surface area contributed by atoms with Gasteiger partial charge in [-0.05, 0) is 85.5 Å². The molecule has 0 saturated carbocycles. The van der Waals surface area contributed by atoms with Gasteiger partial charge in [0.2, 0.25) is 0 Å². The van der Waals surface area contributed by atoms with E-state index in [2.05, 4.69) is 68.8 Å². The third-order valence-corrected chi connectivity index (χ3v) is 7.32. The van der Waals surface area contributed by atoms with Crippen molar-refractivity contribution in [3.63, 3.8) is 0 Å². The lowest BCUT2D eigenvalue weighted by Gasteiger charge is -2.21. The van der Waals surface area contributed by atoms with Crippen molar-refractivity contribution in [2.45, 2.75) is 32.8 Å². The van der Waals surface area contributed by atoms with Crippen molar-refractivity contribution >= 4 is 80.8 Å². The monoisotopic (exact) mass is 723 g/mol. The summed E-state index contributed by atoms with van der Waals surface area (Å²) < 4.78 is 10.8. The molecule has 0 fully saturated rings. The van der Waals surface area contributed by atoms with E-state index in [1.807, 2.05) is 69.3 Å². The fraction of sp³-hybridized carbons (Fsp3) is 0.192. The fourth-order valence-corrected chi connectivity index (χ4v) is 5.47. The molecule has 0 aliphatic carbocycles. The Morgan fingerprint density at radius 3 is 2.20 bits per heavy atom. The molecule has 0 aliphatic rings. The maximum absolute atomic E-state index is 13.3. The molecular formula is C26H21Br4N3O2. The number of hydrogen-bond donors (Lipinski definition) is 0. The highest BCUT2D eigenvalue weighted by molar-refractivity contribution is 9.11. The second kappa shape index (κ2) is 10.7. The van der Waals surface area contributed by atoms with Crippen molar-refractivity contribution < 1.29 is 4.74 Å². The maximum atomic E-state index is 13.3. The third kappa shape index (κ3) is 6.13. The SMILES string of the molecule is CC(C)(C)c1nc2ccc(Br)cc2c(=O)n1N=Cc1cc(Br)c(OCc2ccc(Br)cc2)c(Br)c1. The lowest BCUT2D eigenvalue weighted by Crippen LogP contribution is -2.29. The second-order valence-corrected chi connectivity index (χ2v) is 12.5. The number of ether oxygens (including phenoxy) is 1. The van der Waals surface area contributed by atoms with Crippen LogP contribution in [-0.4, -0.2) is 15.9 Å². The Morgan fingerprint density at radius 1 is 0.943 bits per heavy atom. The van der Waals surface area contributed by atoms with E-state index in [-0.39, 0.29) is 11.0 Å². The molecule has 0 unspecified atom stereocenters. The summed E-state index contributed by atoms with van der Waals surface area (Å²) in [5.41, 5.74) is 1.89. The molecule has 4 aromatic rings. The molecule has 9 heteroatoms. The predicted octanol–water partition coefficient (Wildman–Crippen LogP) is 8.21. The first-order valence-corrected chi connectivity index (χ1v) is 13.8. The van der Waals surface area contributed by atoms with E-state index in [9.17, 15) is 4.79 Å². The zero-order valence-corrected chi connectivity index (χ0v) is 25.5. The van der Waals surface area contributed by atoms with Gasteiger partial charge in [-0.25, -0.2) is 4.98 Å². The number of benzene rings is 3. The number of rotatable bonds is 5. The van der Waals surface area contributed by atoms with Crippen molar-refractivity contribution in [1.29, 1.82) is 0 Å². The van der Waals surface area contributed by atoms with Gasteiger partial charge in [-0.15, -0.1) is 0 Å². The molecule has 4 rings (SSSR count). The van der Waals surface area contributed by atoms with Gasteiger partial charge in [0.05, 0.1) is 26.1 Å². The van der Waals surface area contributed by atoms with E-state index < -0.39 is 0 Å². The molecule has 0 amide bonds. The highest BCUT2D eigenvalue weighted by Crippen LogP contribution is 2.35. The Labute approximate surface area is 237 Å². The van der Waals surface area contributed by atoms with Crippen LogP contribution in [0, 0.1) is 0 Å². The highest BCUT2D eigenvalue weighted by Gasteiger charge is 2.23. The summed E-state index contributed by atoms with van der Waals surface area (Å²) in [5.74, 6) is 1.27. The van der Waals surface area contributed by atoms with Crippen LogP contribution in [0.5, 0.6) is 5.75 Å². The molecule has 0 atom stereocenters. The normalized spacial score (nSPS) is 12.0. The van der Waals surface area contributed by atoms with Gasteiger partial charge in [0.25, 0.3) is 5.56 Å². The average molecular weight is 727 g/mol. The van der Waals surface area contributed by atoms with E-state index in [1.54, 1.807) is 12.3 Å². The van der Waals surface area contributed by atoms with Gasteiger partial charge >= 0.3 is 0 Å². The van der Waals surface area contributed by atoms with Crippen molar-refractivity contribution in [3.8, 4) is 5.75 Å². The quantitative estimate of drug-likeness (QED) is 0.195. The van der Waals surface area contributed by atoms with Crippen LogP contribution in [0.4, 0.5) is 0 Å². The van der Waals surface area contributed by atoms with Gasteiger partial charge in [0, 0.05) is 14.4 Å². The van der Waals surface area contributed by atoms with E-state index in [0.717, 1.165) is 29.0 Å². The van der Waals surface area contributed by atoms with Crippen LogP contribution in [0.3, 0.4) is 0 Å². The summed E-state index contributed by atoms with van der Waals surface area (Å²) >= 11 is 14.1. The van der Waals surface area contributed by atoms with Crippen molar-refractivity contribution in [3.05, 3.63) is 99.8 Å². The summed E-state index contributed by atoms with van der Waals surface area (Å²) in [7, 11) is 0. The molecule has 1 heterocycles. The Kier molecular flexibility index (Phi) is 8.00. The van der Waals surface area contributed by atoms with Gasteiger partial charge in [-0.3, -0.25) is 4.79 Å². The van der Waals surface area contributed by atoms with E-state index in [1.165, 1.54) is 4.68 Å². The summed E-state index contributed by atoms with van der Waals surface area (Å²) in [6.07, 6.45) is 1.65. The number of fused-ring (bicyclic) bond motifs is 1. The summed E-state index contributed by atoms with van der Waals surface area (Å²) in [4.78, 5) is 18.1. The molecule has 0 saturated heterocycles. The largest absolute Gasteiger partial charge is 0.487 e. The minimum Gasteiger partial charge on any atom is -0.487 e. The molecule has 35 heavy (non-hydrogen) atoms. The van der Waals surface area contributed by atoms with Crippen molar-refractivity contribution in [2.24, 2.45) is 5.10 Å². The predicted molar refractivity (Wildman–Crippen MR) is 156 cm³/mol. The number of halogens is 4. The third-order valence-electron chi connectivity index (χ3n) is 5.12. The zero-order chi connectivity index (χ0) is 25.3. The van der Waals surface area contributed by atoms with Gasteiger partial charge in [-0.1, -0.05) is 64.8 Å². The first-order valence-electron chi connectivity index (χ1n) is 10.7. The average Bonchev–Trinajstić information content (AvgIpc) is 2.78. The molecule has 180 valence electrons. The molecule has 0 spiro atoms. The molecule has 0 radical (unpaired) electrons. The van der Waals surface area contributed by atoms with Crippen LogP contribution in [0.25, 0.3) is 10.9 Å². The standard InChI is InChI=1S/C26H21Br4N3O2/c1-26(2,3)25-32-22-9-8-18(28)12-19(22)24(34)33(25)31-13-16-10-20(29)23(21(30)11-16)35-14-15-4-6-17(27)7-5-15/h4-13H,14H2,1-3H3. The van der Waals surface area contributed by atoms with Crippen LogP contribution >= 0.6 is 63.7 Å². The van der Waals surface area contributed by atoms with Crippen LogP contribution < -0.4 is 10.3 Å². The topological polar surface area (TPSA) is 56.5 Å². The zero-order valence-electron chi connectivity index (χ0n) is 19.2. The molecule has 0 N–H and O–H groups in total. The van der Waals surface area contributed by atoms with Crippen LogP contribution in [0.1, 0.15) is 37.7 Å². The van der Waals surface area contributed by atoms with Crippen molar-refractivity contribution in [2.75, 3.05) is 0 Å². The van der Waals surface area contributed by atoms with Gasteiger partial charge in [0.1, 0.15) is 18.2 Å². The van der Waals surface area contributed by atoms with Crippen LogP contribution in [0.15, 0.2) is 82.4 Å². The molecule has 0 bridgehead atoms. The summed E-state index contributed by atoms with van der Waals surface area (Å²) in [5, 5.41) is 5.05. The van der Waals surface area contributed by atoms with E-state index in [0.29, 0.717) is 29.1 Å². The molecule has 5 nitrogen and oxygen atoms in total. The maximum Gasteiger partial charge on any atom is 0.282 e. The number of hydrogen-bond acceptors (Lipinski definition) is 4. The van der Waals surface area contributed by atoms with E-state index >= 15 is 0 Å². The summed E-state index contributed by atoms with van der Waals surface area (Å²) in [6.45, 7) is 6.46. The molecule has 3 aromatic carbocycles. The Morgan fingerprint density at radius 2 is 1.57 bits per heavy atom. The van der Waals surface area contributed by atoms with Crippen molar-refractivity contribution in [1.82, 2.24) is 9.66 Å². The minimum atomic E-state index is -0.385. The lowest BCUT2D eigenvalue weighted by atomic mass is 9.95. The smallest absolute Gasteiger partial charge is 0.282 e. The Hall–Kier alpha value is -1.81. The minimum absolute atomic E-state index is 0.218. The van der Waals surface area contributed by atoms with Gasteiger partial charge < -0.3 is 4.74 Å². The highest BCUT2D eigenvalue weighted by atomic mass is 79.9. The molecular weight excluding hydrogens is 706 g/mol.